The third-order valence-corrected chi connectivity index (χ3v) is 13.0. The minimum atomic E-state index is -1.56. The Bertz CT molecular complexity index is 1110. The molecule has 5 aliphatic rings. The van der Waals surface area contributed by atoms with Crippen LogP contribution in [0.4, 0.5) is 0 Å². The number of hydrogen-bond donors (Lipinski definition) is 4. The average molecular weight is 671 g/mol. The van der Waals surface area contributed by atoms with Crippen molar-refractivity contribution in [3.8, 4) is 0 Å². The molecule has 5 fully saturated rings. The molecule has 17 atom stereocenters. The van der Waals surface area contributed by atoms with Crippen LogP contribution in [0.5, 0.6) is 0 Å². The van der Waals surface area contributed by atoms with Gasteiger partial charge in [0.15, 0.2) is 11.6 Å². The normalized spacial score (nSPS) is 50.9. The van der Waals surface area contributed by atoms with E-state index < -0.39 is 59.6 Å². The minimum Gasteiger partial charge on any atom is -0.481 e. The topological polar surface area (TPSA) is 153 Å². The average Bonchev–Trinajstić information content (AvgIpc) is 3.73. The first-order valence-electron chi connectivity index (χ1n) is 18.1. The highest BCUT2D eigenvalue weighted by Crippen LogP contribution is 2.55. The van der Waals surface area contributed by atoms with Crippen molar-refractivity contribution in [2.75, 3.05) is 13.7 Å². The van der Waals surface area contributed by atoms with Crippen molar-refractivity contribution in [1.82, 2.24) is 0 Å². The fourth-order valence-electron chi connectivity index (χ4n) is 9.91. The first-order chi connectivity index (χ1) is 22.0. The fraction of sp³-hybridized carbons (Fsp3) is 0.972. The molecule has 5 heterocycles. The Kier molecular flexibility index (Phi) is 10.9. The van der Waals surface area contributed by atoms with Crippen LogP contribution in [0.15, 0.2) is 0 Å². The van der Waals surface area contributed by atoms with Crippen LogP contribution in [-0.4, -0.2) is 106 Å². The molecule has 5 rings (SSSR count). The maximum absolute atomic E-state index is 11.8. The van der Waals surface area contributed by atoms with Crippen molar-refractivity contribution in [3.05, 3.63) is 0 Å². The fourth-order valence-corrected chi connectivity index (χ4v) is 9.91. The summed E-state index contributed by atoms with van der Waals surface area (Å²) in [5.74, 6) is -4.52. The maximum atomic E-state index is 11.8. The minimum absolute atomic E-state index is 0.153. The monoisotopic (exact) mass is 670 g/mol. The maximum Gasteiger partial charge on any atom is 0.308 e. The number of aliphatic hydroxyl groups excluding tert-OH is 2. The Morgan fingerprint density at radius 1 is 1.02 bits per heavy atom. The van der Waals surface area contributed by atoms with Crippen LogP contribution < -0.4 is 0 Å². The molecule has 0 unspecified atom stereocenters. The number of rotatable bonds is 10. The van der Waals surface area contributed by atoms with Crippen LogP contribution in [0.2, 0.25) is 0 Å². The van der Waals surface area contributed by atoms with E-state index in [9.17, 15) is 25.2 Å². The van der Waals surface area contributed by atoms with Gasteiger partial charge in [-0.05, 0) is 64.2 Å². The highest BCUT2D eigenvalue weighted by molar-refractivity contribution is 5.70. The molecule has 47 heavy (non-hydrogen) atoms. The summed E-state index contributed by atoms with van der Waals surface area (Å²) in [6.45, 7) is 15.6. The van der Waals surface area contributed by atoms with Gasteiger partial charge in [0.05, 0.1) is 66.5 Å². The second-order valence-corrected chi connectivity index (χ2v) is 16.3. The van der Waals surface area contributed by atoms with E-state index in [0.29, 0.717) is 19.3 Å². The lowest BCUT2D eigenvalue weighted by molar-refractivity contribution is -0.336. The van der Waals surface area contributed by atoms with E-state index in [2.05, 4.69) is 27.7 Å². The van der Waals surface area contributed by atoms with Crippen molar-refractivity contribution in [2.24, 2.45) is 35.5 Å². The van der Waals surface area contributed by atoms with Gasteiger partial charge in [0.25, 0.3) is 0 Å². The Morgan fingerprint density at radius 2 is 1.72 bits per heavy atom. The van der Waals surface area contributed by atoms with Crippen molar-refractivity contribution < 1.29 is 53.6 Å². The zero-order valence-electron chi connectivity index (χ0n) is 30.0. The largest absolute Gasteiger partial charge is 0.481 e. The van der Waals surface area contributed by atoms with E-state index in [4.69, 9.17) is 28.4 Å². The molecular formula is C36H62O11. The van der Waals surface area contributed by atoms with Gasteiger partial charge in [-0.1, -0.05) is 41.5 Å². The predicted octanol–water partition coefficient (Wildman–Crippen LogP) is 4.27. The van der Waals surface area contributed by atoms with Crippen molar-refractivity contribution in [2.45, 2.75) is 172 Å². The molecule has 0 aromatic heterocycles. The lowest BCUT2D eigenvalue weighted by atomic mass is 9.78. The van der Waals surface area contributed by atoms with E-state index in [1.165, 1.54) is 7.11 Å². The second kappa shape index (κ2) is 13.7. The summed E-state index contributed by atoms with van der Waals surface area (Å²) in [5.41, 5.74) is -1.15. The number of carboxylic acid groups (broad SMARTS) is 1. The molecule has 0 radical (unpaired) electrons. The molecule has 11 heteroatoms. The van der Waals surface area contributed by atoms with Gasteiger partial charge in [-0.2, -0.15) is 0 Å². The zero-order chi connectivity index (χ0) is 34.7. The molecule has 4 N–H and O–H groups in total. The van der Waals surface area contributed by atoms with Gasteiger partial charge in [0.2, 0.25) is 0 Å². The van der Waals surface area contributed by atoms with Crippen molar-refractivity contribution >= 4 is 5.97 Å². The van der Waals surface area contributed by atoms with Gasteiger partial charge in [0.1, 0.15) is 0 Å². The molecule has 0 aromatic rings. The first kappa shape index (κ1) is 37.4. The second-order valence-electron chi connectivity index (χ2n) is 16.3. The quantitative estimate of drug-likeness (QED) is 0.264. The van der Waals surface area contributed by atoms with Crippen molar-refractivity contribution in [1.29, 1.82) is 0 Å². The number of hydrogen-bond acceptors (Lipinski definition) is 10. The number of carbonyl (C=O) groups is 1. The van der Waals surface area contributed by atoms with Crippen molar-refractivity contribution in [3.63, 3.8) is 0 Å². The Hall–Kier alpha value is -0.890. The number of carboxylic acids is 1. The summed E-state index contributed by atoms with van der Waals surface area (Å²) < 4.78 is 39.4. The van der Waals surface area contributed by atoms with Gasteiger partial charge in [0, 0.05) is 37.7 Å². The van der Waals surface area contributed by atoms with Gasteiger partial charge in [-0.15, -0.1) is 0 Å². The molecule has 0 saturated carbocycles. The molecule has 11 nitrogen and oxygen atoms in total. The Morgan fingerprint density at radius 3 is 2.34 bits per heavy atom. The highest BCUT2D eigenvalue weighted by atomic mass is 16.7. The van der Waals surface area contributed by atoms with Crippen LogP contribution in [0.1, 0.15) is 107 Å². The molecule has 0 aromatic carbocycles. The van der Waals surface area contributed by atoms with Gasteiger partial charge < -0.3 is 48.8 Å². The van der Waals surface area contributed by atoms with E-state index >= 15 is 0 Å². The molecular weight excluding hydrogens is 608 g/mol. The molecule has 1 spiro atoms. The molecule has 5 saturated heterocycles. The van der Waals surface area contributed by atoms with E-state index in [1.54, 1.807) is 6.92 Å². The number of aliphatic carboxylic acids is 1. The number of aliphatic hydroxyl groups is 3. The highest BCUT2D eigenvalue weighted by Gasteiger charge is 2.62. The smallest absolute Gasteiger partial charge is 0.308 e. The standard InChI is InChI=1S/C36H62O11/c1-10-34(31-20(3)16-26(43-31)28-19(2)15-21(4)36(41,18-37)46-28)12-11-27(44-34)33(8)13-14-35(47-33)17-25(38)22(5)30(45-35)23(6)29(42-9)24(7)32(39)40/h19-31,37-38,41H,10-18H2,1-9H3,(H,39,40)/t19-,20-,21+,22+,23-,24-,25-,26-,27+,28+,29+,30-,31+,33-,34-,35+,36-/m0/s1. The summed E-state index contributed by atoms with van der Waals surface area (Å²) in [6.07, 6.45) is 2.99. The SMILES string of the molecule is CC[C@@]1([C@@H]2O[C@H]([C@@H]3O[C@@](O)(CO)[C@H](C)C[C@@H]3C)C[C@@H]2C)CC[C@H]([C@]2(C)CC[C@]3(C[C@H](O)[C@@H](C)[C@@H]([C@@H](C)[C@@H](OC)[C@H](C)C(=O)O)O3)O2)O1. The summed E-state index contributed by atoms with van der Waals surface area (Å²) in [6, 6.07) is 0. The first-order valence-corrected chi connectivity index (χ1v) is 18.1. The third kappa shape index (κ3) is 6.67. The zero-order valence-corrected chi connectivity index (χ0v) is 30.0. The molecule has 0 amide bonds. The van der Waals surface area contributed by atoms with Crippen LogP contribution in [-0.2, 0) is 33.2 Å². The van der Waals surface area contributed by atoms with Crippen LogP contribution >= 0.6 is 0 Å². The third-order valence-electron chi connectivity index (χ3n) is 13.0. The molecule has 0 bridgehead atoms. The molecule has 0 aliphatic carbocycles. The lowest BCUT2D eigenvalue weighted by Crippen LogP contribution is -2.57. The molecule has 272 valence electrons. The molecule has 5 aliphatic heterocycles. The van der Waals surface area contributed by atoms with Gasteiger partial charge in [-0.25, -0.2) is 0 Å². The predicted molar refractivity (Wildman–Crippen MR) is 172 cm³/mol. The van der Waals surface area contributed by atoms with E-state index in [-0.39, 0.29) is 54.0 Å². The summed E-state index contributed by atoms with van der Waals surface area (Å²) in [4.78, 5) is 11.8. The van der Waals surface area contributed by atoms with Crippen LogP contribution in [0, 0.1) is 35.5 Å². The van der Waals surface area contributed by atoms with Crippen LogP contribution in [0.3, 0.4) is 0 Å². The summed E-state index contributed by atoms with van der Waals surface area (Å²) >= 11 is 0. The van der Waals surface area contributed by atoms with E-state index in [1.807, 2.05) is 20.8 Å². The van der Waals surface area contributed by atoms with Gasteiger partial charge in [-0.3, -0.25) is 4.79 Å². The van der Waals surface area contributed by atoms with Crippen LogP contribution in [0.25, 0.3) is 0 Å². The Labute approximate surface area is 281 Å². The Balaban J connectivity index is 1.29. The summed E-state index contributed by atoms with van der Waals surface area (Å²) in [7, 11) is 1.52. The van der Waals surface area contributed by atoms with Gasteiger partial charge >= 0.3 is 5.97 Å². The summed E-state index contributed by atoms with van der Waals surface area (Å²) in [5, 5.41) is 41.8. The number of ether oxygens (including phenoxy) is 6. The lowest BCUT2D eigenvalue weighted by Gasteiger charge is -2.49. The number of methoxy groups -OCH3 is 1. The van der Waals surface area contributed by atoms with E-state index in [0.717, 1.165) is 32.1 Å².